The van der Waals surface area contributed by atoms with Crippen molar-refractivity contribution in [2.75, 3.05) is 6.26 Å². The molecule has 0 amide bonds. The van der Waals surface area contributed by atoms with Crippen molar-refractivity contribution in [2.24, 2.45) is 15.3 Å². The minimum absolute atomic E-state index is 0.00846. The number of amidine groups is 1. The highest BCUT2D eigenvalue weighted by molar-refractivity contribution is 7.93. The average Bonchev–Trinajstić information content (AvgIpc) is 2.53. The Morgan fingerprint density at radius 2 is 1.86 bits per heavy atom. The summed E-state index contributed by atoms with van der Waals surface area (Å²) in [6, 6.07) is 12.7. The minimum Gasteiger partial charge on any atom is -0.409 e. The summed E-state index contributed by atoms with van der Waals surface area (Å²) in [5.74, 6) is -0.518. The van der Waals surface area contributed by atoms with Crippen molar-refractivity contribution in [1.82, 2.24) is 0 Å². The molecule has 2 rings (SSSR count). The highest BCUT2D eigenvalue weighted by Gasteiger charge is 2.11. The molecule has 0 aromatic heterocycles. The summed E-state index contributed by atoms with van der Waals surface area (Å²) in [6.45, 7) is 0.181. The molecule has 0 saturated heterocycles. The Labute approximate surface area is 128 Å². The van der Waals surface area contributed by atoms with E-state index in [0.717, 1.165) is 5.56 Å². The highest BCUT2D eigenvalue weighted by Crippen LogP contribution is 2.17. The molecular weight excluding hydrogens is 305 g/mol. The zero-order chi connectivity index (χ0) is 16.2. The molecule has 1 atom stereocenters. The number of hydrogen-bond acceptors (Lipinski definition) is 4. The largest absolute Gasteiger partial charge is 0.409 e. The van der Waals surface area contributed by atoms with Gasteiger partial charge < -0.3 is 10.9 Å². The smallest absolute Gasteiger partial charge is 0.170 e. The molecule has 0 radical (unpaired) electrons. The van der Waals surface area contributed by atoms with Crippen LogP contribution in [-0.4, -0.2) is 21.5 Å². The third-order valence-corrected chi connectivity index (χ3v) is 4.86. The standard InChI is InChI=1S/C15H16FN3O2S/c1-22(21,14-5-3-2-4-13(14)16)18-10-11-6-8-12(9-7-11)15(17)19-20/h2-9,20H,10H2,1H3,(H2,17,19). The molecule has 0 aliphatic carbocycles. The van der Waals surface area contributed by atoms with Crippen LogP contribution in [0.1, 0.15) is 11.1 Å². The van der Waals surface area contributed by atoms with Crippen molar-refractivity contribution in [3.8, 4) is 0 Å². The summed E-state index contributed by atoms with van der Waals surface area (Å²) in [6.07, 6.45) is 1.41. The summed E-state index contributed by atoms with van der Waals surface area (Å²) < 4.78 is 30.4. The predicted octanol–water partition coefficient (Wildman–Crippen LogP) is 2.58. The van der Waals surface area contributed by atoms with E-state index in [-0.39, 0.29) is 17.3 Å². The van der Waals surface area contributed by atoms with Gasteiger partial charge in [0.25, 0.3) is 0 Å². The Kier molecular flexibility index (Phi) is 4.77. The van der Waals surface area contributed by atoms with Crippen LogP contribution in [0, 0.1) is 5.82 Å². The monoisotopic (exact) mass is 321 g/mol. The number of nitrogens with two attached hydrogens (primary N) is 1. The maximum atomic E-state index is 13.7. The molecular formula is C15H16FN3O2S. The van der Waals surface area contributed by atoms with Crippen LogP contribution in [0.5, 0.6) is 0 Å². The van der Waals surface area contributed by atoms with Crippen LogP contribution in [0.4, 0.5) is 4.39 Å². The fourth-order valence-electron chi connectivity index (χ4n) is 1.86. The summed E-state index contributed by atoms with van der Waals surface area (Å²) in [4.78, 5) is 0.100. The van der Waals surface area contributed by atoms with Crippen molar-refractivity contribution >= 4 is 15.6 Å². The Hall–Kier alpha value is -2.41. The van der Waals surface area contributed by atoms with E-state index in [9.17, 15) is 8.60 Å². The number of hydrogen-bond donors (Lipinski definition) is 2. The summed E-state index contributed by atoms with van der Waals surface area (Å²) >= 11 is 0. The number of rotatable bonds is 4. The molecule has 0 spiro atoms. The van der Waals surface area contributed by atoms with Crippen LogP contribution < -0.4 is 5.73 Å². The van der Waals surface area contributed by atoms with E-state index >= 15 is 0 Å². The molecule has 3 N–H and O–H groups in total. The first-order chi connectivity index (χ1) is 10.4. The summed E-state index contributed by atoms with van der Waals surface area (Å²) in [5, 5.41) is 11.5. The number of oxime groups is 1. The first-order valence-electron chi connectivity index (χ1n) is 6.43. The van der Waals surface area contributed by atoms with Gasteiger partial charge in [-0.15, -0.1) is 0 Å². The lowest BCUT2D eigenvalue weighted by Crippen LogP contribution is -2.12. The van der Waals surface area contributed by atoms with Crippen LogP contribution in [0.25, 0.3) is 0 Å². The molecule has 2 aromatic rings. The fourth-order valence-corrected chi connectivity index (χ4v) is 3.15. The Balaban J connectivity index is 2.24. The fraction of sp³-hybridized carbons (Fsp3) is 0.133. The predicted molar refractivity (Wildman–Crippen MR) is 83.8 cm³/mol. The summed E-state index contributed by atoms with van der Waals surface area (Å²) in [7, 11) is -2.81. The van der Waals surface area contributed by atoms with Crippen molar-refractivity contribution in [3.05, 3.63) is 65.5 Å². The van der Waals surface area contributed by atoms with Gasteiger partial charge in [-0.2, -0.15) is 0 Å². The van der Waals surface area contributed by atoms with Gasteiger partial charge in [0.2, 0.25) is 0 Å². The van der Waals surface area contributed by atoms with Gasteiger partial charge in [0.15, 0.2) is 5.84 Å². The lowest BCUT2D eigenvalue weighted by Gasteiger charge is -2.06. The molecule has 0 heterocycles. The molecule has 0 fully saturated rings. The lowest BCUT2D eigenvalue weighted by molar-refractivity contribution is 0.318. The van der Waals surface area contributed by atoms with Crippen LogP contribution >= 0.6 is 0 Å². The number of halogens is 1. The zero-order valence-electron chi connectivity index (χ0n) is 11.9. The Morgan fingerprint density at radius 3 is 2.45 bits per heavy atom. The second kappa shape index (κ2) is 6.57. The molecule has 0 aliphatic rings. The maximum Gasteiger partial charge on any atom is 0.170 e. The topological polar surface area (TPSA) is 88.0 Å². The van der Waals surface area contributed by atoms with Crippen molar-refractivity contribution < 1.29 is 13.8 Å². The van der Waals surface area contributed by atoms with Gasteiger partial charge in [-0.3, -0.25) is 0 Å². The Morgan fingerprint density at radius 1 is 1.23 bits per heavy atom. The van der Waals surface area contributed by atoms with E-state index in [0.29, 0.717) is 5.56 Å². The molecule has 0 aliphatic heterocycles. The van der Waals surface area contributed by atoms with E-state index < -0.39 is 15.5 Å². The molecule has 0 bridgehead atoms. The lowest BCUT2D eigenvalue weighted by atomic mass is 10.1. The zero-order valence-corrected chi connectivity index (χ0v) is 12.8. The second-order valence-electron chi connectivity index (χ2n) is 4.70. The maximum absolute atomic E-state index is 13.7. The van der Waals surface area contributed by atoms with Crippen LogP contribution in [0.2, 0.25) is 0 Å². The molecule has 116 valence electrons. The first kappa shape index (κ1) is 16.0. The molecule has 5 nitrogen and oxygen atoms in total. The van der Waals surface area contributed by atoms with Gasteiger partial charge in [0.05, 0.1) is 21.2 Å². The van der Waals surface area contributed by atoms with Crippen molar-refractivity contribution in [3.63, 3.8) is 0 Å². The molecule has 7 heteroatoms. The van der Waals surface area contributed by atoms with Gasteiger partial charge in [-0.25, -0.2) is 13.0 Å². The van der Waals surface area contributed by atoms with Gasteiger partial charge in [-0.1, -0.05) is 41.6 Å². The van der Waals surface area contributed by atoms with E-state index in [2.05, 4.69) is 9.52 Å². The molecule has 0 saturated carbocycles. The van der Waals surface area contributed by atoms with E-state index in [1.54, 1.807) is 36.4 Å². The quantitative estimate of drug-likeness (QED) is 0.392. The Bertz CT molecular complexity index is 810. The third kappa shape index (κ3) is 3.62. The molecule has 2 aromatic carbocycles. The van der Waals surface area contributed by atoms with Gasteiger partial charge in [-0.05, 0) is 17.7 Å². The van der Waals surface area contributed by atoms with Gasteiger partial charge in [0, 0.05) is 11.8 Å². The number of nitrogens with zero attached hydrogens (tertiary/aromatic N) is 2. The van der Waals surface area contributed by atoms with Crippen LogP contribution in [-0.2, 0) is 16.3 Å². The third-order valence-electron chi connectivity index (χ3n) is 3.10. The van der Waals surface area contributed by atoms with Crippen LogP contribution in [0.3, 0.4) is 0 Å². The first-order valence-corrected chi connectivity index (χ1v) is 8.35. The normalized spacial score (nSPS) is 14.4. The SMILES string of the molecule is CS(=O)(=NCc1ccc(C(N)=NO)cc1)c1ccccc1F. The average molecular weight is 321 g/mol. The van der Waals surface area contributed by atoms with E-state index in [1.165, 1.54) is 18.4 Å². The van der Waals surface area contributed by atoms with Gasteiger partial charge in [0.1, 0.15) is 5.82 Å². The summed E-state index contributed by atoms with van der Waals surface area (Å²) in [5.41, 5.74) is 6.83. The van der Waals surface area contributed by atoms with Crippen molar-refractivity contribution in [2.45, 2.75) is 11.4 Å². The van der Waals surface area contributed by atoms with E-state index in [4.69, 9.17) is 10.9 Å². The van der Waals surface area contributed by atoms with Gasteiger partial charge >= 0.3 is 0 Å². The second-order valence-corrected chi connectivity index (χ2v) is 7.01. The number of benzene rings is 2. The molecule has 1 unspecified atom stereocenters. The highest BCUT2D eigenvalue weighted by atomic mass is 32.2. The van der Waals surface area contributed by atoms with E-state index in [1.807, 2.05) is 0 Å². The molecule has 22 heavy (non-hydrogen) atoms. The van der Waals surface area contributed by atoms with Crippen LogP contribution in [0.15, 0.2) is 62.9 Å². The minimum atomic E-state index is -2.81. The van der Waals surface area contributed by atoms with Crippen molar-refractivity contribution in [1.29, 1.82) is 0 Å².